The van der Waals surface area contributed by atoms with Crippen LogP contribution in [0.5, 0.6) is 11.6 Å². The van der Waals surface area contributed by atoms with E-state index in [9.17, 15) is 0 Å². The van der Waals surface area contributed by atoms with Gasteiger partial charge in [-0.1, -0.05) is 50.0 Å². The van der Waals surface area contributed by atoms with Crippen LogP contribution in [0.1, 0.15) is 26.3 Å². The van der Waals surface area contributed by atoms with Crippen molar-refractivity contribution >= 4 is 45.9 Å². The maximum atomic E-state index is 6.06. The van der Waals surface area contributed by atoms with Gasteiger partial charge in [-0.3, -0.25) is 0 Å². The molecule has 0 atom stereocenters. The van der Waals surface area contributed by atoms with Gasteiger partial charge in [-0.25, -0.2) is 9.97 Å². The summed E-state index contributed by atoms with van der Waals surface area (Å²) < 4.78 is 5.90. The summed E-state index contributed by atoms with van der Waals surface area (Å²) in [6.07, 6.45) is 1.65. The van der Waals surface area contributed by atoms with Gasteiger partial charge in [-0.15, -0.1) is 0 Å². The van der Waals surface area contributed by atoms with E-state index in [2.05, 4.69) is 53.2 Å². The second kappa shape index (κ2) is 7.58. The molecule has 2 N–H and O–H groups in total. The normalized spacial score (nSPS) is 11.6. The monoisotopic (exact) mass is 426 g/mol. The number of fused-ring (bicyclic) bond motifs is 1. The Hall–Kier alpha value is -2.76. The van der Waals surface area contributed by atoms with Crippen LogP contribution in [0.2, 0.25) is 10.0 Å². The molecule has 148 valence electrons. The fourth-order valence-electron chi connectivity index (χ4n) is 2.93. The lowest BCUT2D eigenvalue weighted by molar-refractivity contribution is 0.465. The number of halogens is 2. The predicted molar refractivity (Wildman–Crippen MR) is 119 cm³/mol. The van der Waals surface area contributed by atoms with E-state index in [4.69, 9.17) is 27.9 Å². The van der Waals surface area contributed by atoms with Crippen molar-refractivity contribution in [3.8, 4) is 11.6 Å². The summed E-state index contributed by atoms with van der Waals surface area (Å²) in [6.45, 7) is 6.56. The first kappa shape index (κ1) is 19.6. The van der Waals surface area contributed by atoms with E-state index in [0.29, 0.717) is 33.3 Å². The molecule has 0 saturated heterocycles. The van der Waals surface area contributed by atoms with Gasteiger partial charge in [0.1, 0.15) is 11.4 Å². The Morgan fingerprint density at radius 1 is 1.00 bits per heavy atom. The number of imidazole rings is 1. The molecule has 29 heavy (non-hydrogen) atoms. The number of pyridine rings is 1. The van der Waals surface area contributed by atoms with Gasteiger partial charge in [0, 0.05) is 16.2 Å². The van der Waals surface area contributed by atoms with E-state index in [1.54, 1.807) is 24.4 Å². The van der Waals surface area contributed by atoms with Gasteiger partial charge in [0.25, 0.3) is 0 Å². The number of aromatic amines is 1. The van der Waals surface area contributed by atoms with Crippen LogP contribution in [0.25, 0.3) is 11.0 Å². The summed E-state index contributed by atoms with van der Waals surface area (Å²) in [5.74, 6) is 1.50. The maximum absolute atomic E-state index is 6.06. The molecule has 5 nitrogen and oxygen atoms in total. The van der Waals surface area contributed by atoms with Gasteiger partial charge >= 0.3 is 0 Å². The molecule has 0 fully saturated rings. The Bertz CT molecular complexity index is 1160. The van der Waals surface area contributed by atoms with E-state index in [0.717, 1.165) is 11.0 Å². The molecule has 7 heteroatoms. The molecule has 0 bridgehead atoms. The van der Waals surface area contributed by atoms with Crippen molar-refractivity contribution < 1.29 is 4.74 Å². The summed E-state index contributed by atoms with van der Waals surface area (Å²) in [6, 6.07) is 14.9. The number of H-pyrrole nitrogens is 1. The minimum absolute atomic E-state index is 0.0650. The van der Waals surface area contributed by atoms with Crippen molar-refractivity contribution in [3.05, 3.63) is 70.3 Å². The van der Waals surface area contributed by atoms with Gasteiger partial charge in [-0.05, 0) is 53.4 Å². The quantitative estimate of drug-likeness (QED) is 0.365. The van der Waals surface area contributed by atoms with Crippen molar-refractivity contribution in [2.45, 2.75) is 26.2 Å². The number of benzene rings is 2. The van der Waals surface area contributed by atoms with E-state index < -0.39 is 0 Å². The number of nitrogens with zero attached hydrogens (tertiary/aromatic N) is 2. The second-order valence-electron chi connectivity index (χ2n) is 7.76. The fraction of sp³-hybridized carbons (Fsp3) is 0.182. The van der Waals surface area contributed by atoms with Crippen molar-refractivity contribution in [1.29, 1.82) is 0 Å². The van der Waals surface area contributed by atoms with Crippen molar-refractivity contribution in [2.75, 3.05) is 5.32 Å². The Kier molecular flexibility index (Phi) is 5.11. The number of nitrogens with one attached hydrogen (secondary N) is 2. The lowest BCUT2D eigenvalue weighted by Crippen LogP contribution is -2.10. The molecule has 0 spiro atoms. The minimum Gasteiger partial charge on any atom is -0.437 e. The van der Waals surface area contributed by atoms with Crippen LogP contribution in [0.3, 0.4) is 0 Å². The second-order valence-corrected chi connectivity index (χ2v) is 8.63. The first-order valence-electron chi connectivity index (χ1n) is 9.14. The van der Waals surface area contributed by atoms with E-state index >= 15 is 0 Å². The van der Waals surface area contributed by atoms with E-state index in [1.165, 1.54) is 5.56 Å². The molecule has 0 radical (unpaired) electrons. The topological polar surface area (TPSA) is 62.8 Å². The van der Waals surface area contributed by atoms with E-state index in [-0.39, 0.29) is 5.41 Å². The highest BCUT2D eigenvalue weighted by Crippen LogP contribution is 2.33. The Morgan fingerprint density at radius 2 is 1.76 bits per heavy atom. The fourth-order valence-corrected chi connectivity index (χ4v) is 3.44. The zero-order valence-corrected chi connectivity index (χ0v) is 17.8. The molecule has 0 aliphatic carbocycles. The summed E-state index contributed by atoms with van der Waals surface area (Å²) in [4.78, 5) is 12.3. The van der Waals surface area contributed by atoms with Crippen molar-refractivity contribution in [3.63, 3.8) is 0 Å². The Balaban J connectivity index is 1.63. The zero-order valence-electron chi connectivity index (χ0n) is 16.3. The lowest BCUT2D eigenvalue weighted by Gasteiger charge is -2.18. The van der Waals surface area contributed by atoms with Crippen LogP contribution >= 0.6 is 23.2 Å². The van der Waals surface area contributed by atoms with Gasteiger partial charge in [0.05, 0.1) is 11.0 Å². The molecule has 2 aromatic heterocycles. The van der Waals surface area contributed by atoms with Crippen LogP contribution in [-0.4, -0.2) is 15.0 Å². The molecule has 4 rings (SSSR count). The third kappa shape index (κ3) is 4.47. The van der Waals surface area contributed by atoms with Crippen molar-refractivity contribution in [1.82, 2.24) is 15.0 Å². The largest absolute Gasteiger partial charge is 0.437 e. The minimum atomic E-state index is 0.0650. The molecule has 0 saturated carbocycles. The van der Waals surface area contributed by atoms with Gasteiger partial charge in [0.15, 0.2) is 0 Å². The maximum Gasteiger partial charge on any atom is 0.243 e. The van der Waals surface area contributed by atoms with Crippen LogP contribution in [0.4, 0.5) is 11.6 Å². The van der Waals surface area contributed by atoms with Crippen LogP contribution < -0.4 is 10.1 Å². The number of hydrogen-bond acceptors (Lipinski definition) is 4. The molecular weight excluding hydrogens is 407 g/mol. The van der Waals surface area contributed by atoms with Gasteiger partial charge in [-0.2, -0.15) is 0 Å². The van der Waals surface area contributed by atoms with Crippen LogP contribution in [-0.2, 0) is 5.41 Å². The number of rotatable bonds is 4. The summed E-state index contributed by atoms with van der Waals surface area (Å²) in [7, 11) is 0. The average Bonchev–Trinajstić information content (AvgIpc) is 3.03. The number of ether oxygens (including phenoxy) is 1. The number of anilines is 2. The highest BCUT2D eigenvalue weighted by molar-refractivity contribution is 6.34. The summed E-state index contributed by atoms with van der Waals surface area (Å²) in [5.41, 5.74) is 3.82. The average molecular weight is 427 g/mol. The molecule has 2 heterocycles. The molecule has 0 unspecified atom stereocenters. The molecule has 0 amide bonds. The third-order valence-corrected chi connectivity index (χ3v) is 4.86. The Labute approximate surface area is 179 Å². The first-order valence-corrected chi connectivity index (χ1v) is 9.90. The highest BCUT2D eigenvalue weighted by atomic mass is 35.5. The summed E-state index contributed by atoms with van der Waals surface area (Å²) in [5, 5.41) is 4.23. The van der Waals surface area contributed by atoms with E-state index in [1.807, 2.05) is 18.2 Å². The predicted octanol–water partition coefficient (Wildman–Crippen LogP) is 7.10. The lowest BCUT2D eigenvalue weighted by atomic mass is 9.87. The smallest absolute Gasteiger partial charge is 0.243 e. The molecule has 2 aromatic carbocycles. The Morgan fingerprint density at radius 3 is 2.48 bits per heavy atom. The van der Waals surface area contributed by atoms with Gasteiger partial charge in [0.2, 0.25) is 11.8 Å². The molecule has 0 aliphatic rings. The van der Waals surface area contributed by atoms with Crippen LogP contribution in [0, 0.1) is 0 Å². The molecule has 4 aromatic rings. The molecular formula is C22H20Cl2N4O. The number of aromatic nitrogens is 3. The standard InChI is InChI=1S/C22H20Cl2N4O/c1-22(2,3)13-6-7-17-19(9-13)28-21(26-17)27-18-5-4-8-25-20(18)29-16-11-14(23)10-15(24)12-16/h4-12H,1-3H3,(H2,26,27,28). The first-order chi connectivity index (χ1) is 13.8. The molecule has 0 aliphatic heterocycles. The third-order valence-electron chi connectivity index (χ3n) is 4.42. The zero-order chi connectivity index (χ0) is 20.6. The van der Waals surface area contributed by atoms with Crippen molar-refractivity contribution in [2.24, 2.45) is 0 Å². The SMILES string of the molecule is CC(C)(C)c1ccc2nc(Nc3cccnc3Oc3cc(Cl)cc(Cl)c3)[nH]c2c1. The number of hydrogen-bond donors (Lipinski definition) is 2. The summed E-state index contributed by atoms with van der Waals surface area (Å²) >= 11 is 12.1. The van der Waals surface area contributed by atoms with Gasteiger partial charge < -0.3 is 15.0 Å². The highest BCUT2D eigenvalue weighted by Gasteiger charge is 2.15. The van der Waals surface area contributed by atoms with Crippen LogP contribution in [0.15, 0.2) is 54.7 Å².